The molecule has 1 aliphatic rings. The molecule has 0 aliphatic carbocycles. The number of amides is 2. The highest BCUT2D eigenvalue weighted by atomic mass is 16.7. The molecule has 0 aromatic carbocycles. The number of hydrogen-bond donors (Lipinski definition) is 8. The molecule has 1 rings (SSSR count). The molecule has 0 aromatic heterocycles. The average Bonchev–Trinajstić information content (AvgIpc) is 3.23. The number of ether oxygens (including phenoxy) is 2. The number of carbonyl (C=O) groups excluding carboxylic acids is 2. The van der Waals surface area contributed by atoms with E-state index in [0.717, 1.165) is 44.4 Å². The molecule has 0 bridgehead atoms. The fraction of sp³-hybridized carbons (Fsp3) is 0.959. The Labute approximate surface area is 372 Å². The van der Waals surface area contributed by atoms with E-state index in [1.807, 2.05) is 0 Å². The van der Waals surface area contributed by atoms with Gasteiger partial charge in [0.15, 0.2) is 6.29 Å². The van der Waals surface area contributed by atoms with Crippen LogP contribution in [-0.4, -0.2) is 111 Å². The Morgan fingerprint density at radius 3 is 1.43 bits per heavy atom. The van der Waals surface area contributed by atoms with E-state index in [-0.39, 0.29) is 6.42 Å². The SMILES string of the molecule is CCCCCCCCCCCCCCCCCCCCC(O)C(=O)NC(COC1OC(CO)C(O)C(O)C1NC(C)=O)C(O)C(O)CCCCCCCCCCCCC(C)C. The monoisotopic (exact) mass is 873 g/mol. The van der Waals surface area contributed by atoms with Crippen molar-refractivity contribution >= 4 is 11.8 Å². The summed E-state index contributed by atoms with van der Waals surface area (Å²) in [5.74, 6) is -0.440. The Morgan fingerprint density at radius 1 is 0.607 bits per heavy atom. The van der Waals surface area contributed by atoms with Crippen molar-refractivity contribution in [1.82, 2.24) is 10.6 Å². The van der Waals surface area contributed by atoms with Gasteiger partial charge in [0, 0.05) is 6.92 Å². The normalized spacial score (nSPS) is 21.3. The second kappa shape index (κ2) is 37.9. The molecule has 2 amide bonds. The number of unbranched alkanes of at least 4 members (excludes halogenated alkanes) is 26. The van der Waals surface area contributed by atoms with Crippen LogP contribution in [0.1, 0.15) is 227 Å². The van der Waals surface area contributed by atoms with Crippen molar-refractivity contribution < 1.29 is 49.7 Å². The predicted octanol–water partition coefficient (Wildman–Crippen LogP) is 8.28. The first-order valence-electron chi connectivity index (χ1n) is 25.3. The molecule has 1 saturated heterocycles. The lowest BCUT2D eigenvalue weighted by Crippen LogP contribution is -2.65. The van der Waals surface area contributed by atoms with E-state index in [4.69, 9.17) is 9.47 Å². The van der Waals surface area contributed by atoms with Crippen LogP contribution in [0.4, 0.5) is 0 Å². The Kier molecular flexibility index (Phi) is 35.9. The molecule has 362 valence electrons. The van der Waals surface area contributed by atoms with Gasteiger partial charge in [0.1, 0.15) is 36.6 Å². The second-order valence-corrected chi connectivity index (χ2v) is 18.8. The van der Waals surface area contributed by atoms with Gasteiger partial charge >= 0.3 is 0 Å². The first kappa shape index (κ1) is 57.6. The molecule has 0 radical (unpaired) electrons. The van der Waals surface area contributed by atoms with E-state index in [1.54, 1.807) is 0 Å². The van der Waals surface area contributed by atoms with Gasteiger partial charge in [-0.2, -0.15) is 0 Å². The molecule has 0 saturated carbocycles. The van der Waals surface area contributed by atoms with Gasteiger partial charge in [0.2, 0.25) is 11.8 Å². The van der Waals surface area contributed by atoms with E-state index in [9.17, 15) is 40.2 Å². The number of rotatable bonds is 41. The van der Waals surface area contributed by atoms with Crippen LogP contribution in [0.15, 0.2) is 0 Å². The summed E-state index contributed by atoms with van der Waals surface area (Å²) in [6.07, 6.45) is 26.1. The molecule has 12 nitrogen and oxygen atoms in total. The van der Waals surface area contributed by atoms with E-state index in [2.05, 4.69) is 31.4 Å². The summed E-state index contributed by atoms with van der Waals surface area (Å²) in [6.45, 7) is 7.00. The number of aliphatic hydroxyl groups is 6. The van der Waals surface area contributed by atoms with Crippen molar-refractivity contribution in [1.29, 1.82) is 0 Å². The fourth-order valence-electron chi connectivity index (χ4n) is 8.45. The third-order valence-corrected chi connectivity index (χ3v) is 12.5. The van der Waals surface area contributed by atoms with Gasteiger partial charge in [0.25, 0.3) is 0 Å². The summed E-state index contributed by atoms with van der Waals surface area (Å²) >= 11 is 0. The smallest absolute Gasteiger partial charge is 0.249 e. The van der Waals surface area contributed by atoms with Gasteiger partial charge in [0.05, 0.1) is 25.4 Å². The van der Waals surface area contributed by atoms with E-state index < -0.39 is 80.0 Å². The summed E-state index contributed by atoms with van der Waals surface area (Å²) in [5.41, 5.74) is 0. The maximum absolute atomic E-state index is 13.2. The Balaban J connectivity index is 2.53. The summed E-state index contributed by atoms with van der Waals surface area (Å²) < 4.78 is 11.6. The second-order valence-electron chi connectivity index (χ2n) is 18.8. The Morgan fingerprint density at radius 2 is 1.02 bits per heavy atom. The predicted molar refractivity (Wildman–Crippen MR) is 245 cm³/mol. The third-order valence-electron chi connectivity index (χ3n) is 12.5. The average molecular weight is 873 g/mol. The van der Waals surface area contributed by atoms with Crippen LogP contribution < -0.4 is 10.6 Å². The molecular formula is C49H96N2O10. The minimum absolute atomic E-state index is 0.257. The minimum Gasteiger partial charge on any atom is -0.394 e. The van der Waals surface area contributed by atoms with Crippen molar-refractivity contribution in [2.75, 3.05) is 13.2 Å². The fourth-order valence-corrected chi connectivity index (χ4v) is 8.45. The maximum atomic E-state index is 13.2. The van der Waals surface area contributed by atoms with E-state index in [0.29, 0.717) is 19.3 Å². The summed E-state index contributed by atoms with van der Waals surface area (Å²) in [5, 5.41) is 69.1. The summed E-state index contributed by atoms with van der Waals surface area (Å²) in [4.78, 5) is 25.2. The molecular weight excluding hydrogens is 777 g/mol. The van der Waals surface area contributed by atoms with Crippen LogP contribution in [0.5, 0.6) is 0 Å². The van der Waals surface area contributed by atoms with E-state index in [1.165, 1.54) is 142 Å². The van der Waals surface area contributed by atoms with Gasteiger partial charge in [-0.1, -0.05) is 207 Å². The molecule has 1 heterocycles. The topological polar surface area (TPSA) is 198 Å². The highest BCUT2D eigenvalue weighted by Gasteiger charge is 2.46. The molecule has 0 aromatic rings. The Hall–Kier alpha value is -1.38. The van der Waals surface area contributed by atoms with Gasteiger partial charge in [-0.3, -0.25) is 9.59 Å². The first-order valence-corrected chi connectivity index (χ1v) is 25.3. The molecule has 1 aliphatic heterocycles. The minimum atomic E-state index is -1.53. The molecule has 8 N–H and O–H groups in total. The zero-order valence-corrected chi connectivity index (χ0v) is 39.4. The van der Waals surface area contributed by atoms with Crippen LogP contribution in [0.25, 0.3) is 0 Å². The van der Waals surface area contributed by atoms with E-state index >= 15 is 0 Å². The lowest BCUT2D eigenvalue weighted by atomic mass is 9.96. The van der Waals surface area contributed by atoms with Gasteiger partial charge in [-0.15, -0.1) is 0 Å². The van der Waals surface area contributed by atoms with Crippen LogP contribution in [0.2, 0.25) is 0 Å². The summed E-state index contributed by atoms with van der Waals surface area (Å²) in [7, 11) is 0. The molecule has 1 fully saturated rings. The van der Waals surface area contributed by atoms with Crippen LogP contribution >= 0.6 is 0 Å². The van der Waals surface area contributed by atoms with Gasteiger partial charge < -0.3 is 50.7 Å². The maximum Gasteiger partial charge on any atom is 0.249 e. The summed E-state index contributed by atoms with van der Waals surface area (Å²) in [6, 6.07) is -2.38. The van der Waals surface area contributed by atoms with Gasteiger partial charge in [-0.25, -0.2) is 0 Å². The van der Waals surface area contributed by atoms with Crippen molar-refractivity contribution in [2.45, 2.75) is 282 Å². The molecule has 0 spiro atoms. The lowest BCUT2D eigenvalue weighted by molar-refractivity contribution is -0.272. The molecule has 9 atom stereocenters. The van der Waals surface area contributed by atoms with Crippen molar-refractivity contribution in [3.05, 3.63) is 0 Å². The molecule has 12 heteroatoms. The zero-order chi connectivity index (χ0) is 45.1. The zero-order valence-electron chi connectivity index (χ0n) is 39.4. The Bertz CT molecular complexity index is 1040. The largest absolute Gasteiger partial charge is 0.394 e. The highest BCUT2D eigenvalue weighted by Crippen LogP contribution is 2.24. The van der Waals surface area contributed by atoms with Crippen LogP contribution in [0, 0.1) is 5.92 Å². The van der Waals surface area contributed by atoms with Crippen molar-refractivity contribution in [3.63, 3.8) is 0 Å². The quantitative estimate of drug-likeness (QED) is 0.0277. The third kappa shape index (κ3) is 28.9. The van der Waals surface area contributed by atoms with Crippen LogP contribution in [-0.2, 0) is 19.1 Å². The number of carbonyl (C=O) groups is 2. The van der Waals surface area contributed by atoms with Gasteiger partial charge in [-0.05, 0) is 18.8 Å². The number of nitrogens with one attached hydrogen (secondary N) is 2. The molecule has 9 unspecified atom stereocenters. The van der Waals surface area contributed by atoms with Crippen LogP contribution in [0.3, 0.4) is 0 Å². The van der Waals surface area contributed by atoms with Crippen molar-refractivity contribution in [2.24, 2.45) is 5.92 Å². The first-order chi connectivity index (χ1) is 29.4. The number of hydrogen-bond acceptors (Lipinski definition) is 10. The molecule has 61 heavy (non-hydrogen) atoms. The highest BCUT2D eigenvalue weighted by molar-refractivity contribution is 5.80. The van der Waals surface area contributed by atoms with Crippen molar-refractivity contribution in [3.8, 4) is 0 Å². The standard InChI is InChI=1S/C49H96N2O10/c1-5-6-7-8-9-10-11-12-13-14-15-16-17-18-23-26-29-32-35-42(55)48(59)51-40(37-60-49-44(50-39(4)53)47(58)46(57)43(36-52)61-49)45(56)41(54)34-31-28-25-22-20-19-21-24-27-30-33-38(2)3/h38,40-47,49,52,54-58H,5-37H2,1-4H3,(H,50,53)(H,51,59). The lowest BCUT2D eigenvalue weighted by Gasteiger charge is -2.42. The number of aliphatic hydroxyl groups excluding tert-OH is 6.